The lowest BCUT2D eigenvalue weighted by Gasteiger charge is -1.74. The SMILES string of the molecule is CC1=C=NC=CC=C1. The number of hydrogen-bond acceptors (Lipinski definition) is 1. The highest BCUT2D eigenvalue weighted by atomic mass is 14.6. The predicted octanol–water partition coefficient (Wildman–Crippen LogP) is 1.69. The van der Waals surface area contributed by atoms with Crippen molar-refractivity contribution in [3.8, 4) is 0 Å². The number of allylic oxidation sites excluding steroid dienone is 4. The molecule has 1 heterocycles. The molecule has 40 valence electrons. The summed E-state index contributed by atoms with van der Waals surface area (Å²) in [7, 11) is 0. The highest BCUT2D eigenvalue weighted by molar-refractivity contribution is 5.62. The van der Waals surface area contributed by atoms with E-state index in [2.05, 4.69) is 10.9 Å². The Morgan fingerprint density at radius 1 is 1.50 bits per heavy atom. The minimum atomic E-state index is 1.06. The maximum atomic E-state index is 3.82. The van der Waals surface area contributed by atoms with Gasteiger partial charge in [-0.3, -0.25) is 0 Å². The van der Waals surface area contributed by atoms with Gasteiger partial charge >= 0.3 is 0 Å². The molecule has 0 aromatic carbocycles. The lowest BCUT2D eigenvalue weighted by molar-refractivity contribution is 1.58. The molecule has 1 heteroatoms. The fourth-order valence-corrected chi connectivity index (χ4v) is 0.469. The average molecular weight is 105 g/mol. The van der Waals surface area contributed by atoms with Crippen LogP contribution in [0.25, 0.3) is 0 Å². The second-order valence-electron chi connectivity index (χ2n) is 1.62. The molecule has 0 saturated carbocycles. The zero-order chi connectivity index (χ0) is 5.82. The van der Waals surface area contributed by atoms with E-state index < -0.39 is 0 Å². The van der Waals surface area contributed by atoms with Crippen molar-refractivity contribution in [1.29, 1.82) is 0 Å². The highest BCUT2D eigenvalue weighted by Crippen LogP contribution is 1.92. The summed E-state index contributed by atoms with van der Waals surface area (Å²) in [5.41, 5.74) is 1.06. The molecule has 0 fully saturated rings. The van der Waals surface area contributed by atoms with Crippen LogP contribution in [0.3, 0.4) is 0 Å². The lowest BCUT2D eigenvalue weighted by Crippen LogP contribution is -1.62. The van der Waals surface area contributed by atoms with Crippen LogP contribution in [0.2, 0.25) is 0 Å². The summed E-state index contributed by atoms with van der Waals surface area (Å²) in [4.78, 5) is 3.82. The zero-order valence-corrected chi connectivity index (χ0v) is 4.76. The van der Waals surface area contributed by atoms with Gasteiger partial charge in [0.2, 0.25) is 0 Å². The first-order valence-electron chi connectivity index (χ1n) is 2.52. The van der Waals surface area contributed by atoms with E-state index in [9.17, 15) is 0 Å². The third-order valence-corrected chi connectivity index (χ3v) is 0.859. The summed E-state index contributed by atoms with van der Waals surface area (Å²) in [6.07, 6.45) is 7.50. The lowest BCUT2D eigenvalue weighted by atomic mass is 10.3. The molecule has 0 amide bonds. The van der Waals surface area contributed by atoms with Crippen molar-refractivity contribution in [2.45, 2.75) is 6.92 Å². The second-order valence-corrected chi connectivity index (χ2v) is 1.62. The summed E-state index contributed by atoms with van der Waals surface area (Å²) < 4.78 is 0. The van der Waals surface area contributed by atoms with Crippen LogP contribution in [0.15, 0.2) is 35.0 Å². The van der Waals surface area contributed by atoms with E-state index in [4.69, 9.17) is 0 Å². The Bertz CT molecular complexity index is 190. The molecule has 1 rings (SSSR count). The zero-order valence-electron chi connectivity index (χ0n) is 4.76. The predicted molar refractivity (Wildman–Crippen MR) is 34.9 cm³/mol. The Kier molecular flexibility index (Phi) is 1.45. The molecule has 0 aromatic heterocycles. The topological polar surface area (TPSA) is 12.4 Å². The molecule has 0 atom stereocenters. The minimum Gasteiger partial charge on any atom is -0.214 e. The van der Waals surface area contributed by atoms with Gasteiger partial charge in [0, 0.05) is 11.8 Å². The van der Waals surface area contributed by atoms with E-state index in [1.165, 1.54) is 0 Å². The first kappa shape index (κ1) is 5.07. The van der Waals surface area contributed by atoms with E-state index in [-0.39, 0.29) is 0 Å². The van der Waals surface area contributed by atoms with E-state index in [0.717, 1.165) is 5.57 Å². The van der Waals surface area contributed by atoms with Gasteiger partial charge in [0.05, 0.1) is 0 Å². The number of aliphatic imine (C=N–C) groups is 1. The van der Waals surface area contributed by atoms with Crippen LogP contribution in [-0.4, -0.2) is 5.87 Å². The molecule has 0 aliphatic carbocycles. The van der Waals surface area contributed by atoms with Crippen LogP contribution in [0, 0.1) is 0 Å². The molecule has 1 aliphatic heterocycles. The van der Waals surface area contributed by atoms with E-state index in [1.807, 2.05) is 25.2 Å². The second kappa shape index (κ2) is 2.29. The van der Waals surface area contributed by atoms with Crippen molar-refractivity contribution in [2.24, 2.45) is 4.99 Å². The van der Waals surface area contributed by atoms with Crippen LogP contribution in [0.4, 0.5) is 0 Å². The molecule has 0 N–H and O–H groups in total. The summed E-state index contributed by atoms with van der Waals surface area (Å²) in [6, 6.07) is 0. The van der Waals surface area contributed by atoms with Crippen molar-refractivity contribution < 1.29 is 0 Å². The Balaban J connectivity index is 2.95. The Labute approximate surface area is 48.7 Å². The fraction of sp³-hybridized carbons (Fsp3) is 0.143. The molecule has 1 aliphatic rings. The van der Waals surface area contributed by atoms with E-state index in [0.29, 0.717) is 0 Å². The molecular weight excluding hydrogens is 98.1 g/mol. The van der Waals surface area contributed by atoms with Crippen molar-refractivity contribution in [1.82, 2.24) is 0 Å². The third kappa shape index (κ3) is 1.21. The fourth-order valence-electron chi connectivity index (χ4n) is 0.469. The molecule has 0 aromatic rings. The van der Waals surface area contributed by atoms with Gasteiger partial charge < -0.3 is 0 Å². The molecule has 0 radical (unpaired) electrons. The van der Waals surface area contributed by atoms with Gasteiger partial charge in [-0.15, -0.1) is 0 Å². The standard InChI is InChI=1S/C7H7N/c1-7-4-2-3-5-8-6-7/h2-5H,1H3. The molecular formula is C7H7N. The van der Waals surface area contributed by atoms with Crippen LogP contribution in [-0.2, 0) is 0 Å². The van der Waals surface area contributed by atoms with Gasteiger partial charge in [-0.25, -0.2) is 4.99 Å². The Morgan fingerprint density at radius 3 is 3.25 bits per heavy atom. The Morgan fingerprint density at radius 2 is 2.38 bits per heavy atom. The first-order chi connectivity index (χ1) is 3.89. The van der Waals surface area contributed by atoms with Gasteiger partial charge in [0.25, 0.3) is 0 Å². The molecule has 0 bridgehead atoms. The van der Waals surface area contributed by atoms with E-state index >= 15 is 0 Å². The van der Waals surface area contributed by atoms with Gasteiger partial charge in [0.15, 0.2) is 0 Å². The molecule has 0 unspecified atom stereocenters. The summed E-state index contributed by atoms with van der Waals surface area (Å²) in [5, 5.41) is 0. The van der Waals surface area contributed by atoms with Crippen LogP contribution in [0.1, 0.15) is 6.92 Å². The van der Waals surface area contributed by atoms with Gasteiger partial charge in [-0.1, -0.05) is 6.08 Å². The minimum absolute atomic E-state index is 1.06. The molecule has 0 spiro atoms. The monoisotopic (exact) mass is 105 g/mol. The maximum Gasteiger partial charge on any atom is 0.0368 e. The third-order valence-electron chi connectivity index (χ3n) is 0.859. The number of rotatable bonds is 0. The van der Waals surface area contributed by atoms with E-state index in [1.54, 1.807) is 6.20 Å². The normalized spacial score (nSPS) is 15.9. The number of nitrogens with zero attached hydrogens (tertiary/aromatic N) is 1. The van der Waals surface area contributed by atoms with Gasteiger partial charge in [-0.05, 0) is 24.9 Å². The summed E-state index contributed by atoms with van der Waals surface area (Å²) in [5.74, 6) is 2.81. The van der Waals surface area contributed by atoms with Gasteiger partial charge in [-0.2, -0.15) is 0 Å². The molecule has 0 saturated heterocycles. The van der Waals surface area contributed by atoms with Crippen molar-refractivity contribution in [2.75, 3.05) is 0 Å². The summed E-state index contributed by atoms with van der Waals surface area (Å²) in [6.45, 7) is 1.97. The summed E-state index contributed by atoms with van der Waals surface area (Å²) >= 11 is 0. The number of hydrogen-bond donors (Lipinski definition) is 0. The molecule has 8 heavy (non-hydrogen) atoms. The van der Waals surface area contributed by atoms with Crippen LogP contribution in [0.5, 0.6) is 0 Å². The smallest absolute Gasteiger partial charge is 0.0368 e. The maximum absolute atomic E-state index is 3.82. The highest BCUT2D eigenvalue weighted by Gasteiger charge is 1.76. The van der Waals surface area contributed by atoms with Crippen LogP contribution < -0.4 is 0 Å². The Hall–Kier alpha value is -1.07. The van der Waals surface area contributed by atoms with Crippen LogP contribution >= 0.6 is 0 Å². The van der Waals surface area contributed by atoms with Crippen molar-refractivity contribution in [3.63, 3.8) is 0 Å². The quantitative estimate of drug-likeness (QED) is 0.444. The first-order valence-corrected chi connectivity index (χ1v) is 2.52. The average Bonchev–Trinajstić information content (AvgIpc) is 1.94. The van der Waals surface area contributed by atoms with Gasteiger partial charge in [0.1, 0.15) is 0 Å². The molecule has 1 nitrogen and oxygen atoms in total. The van der Waals surface area contributed by atoms with Crippen molar-refractivity contribution >= 4 is 5.87 Å². The largest absolute Gasteiger partial charge is 0.214 e. The van der Waals surface area contributed by atoms with Crippen molar-refractivity contribution in [3.05, 3.63) is 30.0 Å².